The number of phenolic OH excluding ortho intramolecular Hbond substituents is 8. The van der Waals surface area contributed by atoms with Gasteiger partial charge >= 0.3 is 0 Å². The molecule has 8 N–H and O–H groups in total. The van der Waals surface area contributed by atoms with Gasteiger partial charge in [-0.15, -0.1) is 0 Å². The summed E-state index contributed by atoms with van der Waals surface area (Å²) >= 11 is 0. The highest BCUT2D eigenvalue weighted by Crippen LogP contribution is 2.56. The fourth-order valence-corrected chi connectivity index (χ4v) is 13.4. The Balaban J connectivity index is 0.000000217. The van der Waals surface area contributed by atoms with Crippen LogP contribution in [0.25, 0.3) is 0 Å². The molecular weight excluding hydrogens is 1030 g/mol. The van der Waals surface area contributed by atoms with E-state index in [0.717, 1.165) is 137 Å². The summed E-state index contributed by atoms with van der Waals surface area (Å²) in [5.41, 5.74) is 20.9. The zero-order chi connectivity index (χ0) is 61.3. The number of hydrogen-bond donors (Lipinski definition) is 8. The van der Waals surface area contributed by atoms with E-state index in [2.05, 4.69) is 76.2 Å². The number of aryl methyl sites for hydroxylation is 14. The highest BCUT2D eigenvalue weighted by molar-refractivity contribution is 5.59. The van der Waals surface area contributed by atoms with Crippen LogP contribution in [0.5, 0.6) is 46.0 Å². The van der Waals surface area contributed by atoms with Crippen LogP contribution < -0.4 is 0 Å². The van der Waals surface area contributed by atoms with E-state index in [1.165, 1.54) is 22.3 Å². The van der Waals surface area contributed by atoms with Gasteiger partial charge in [-0.1, -0.05) is 125 Å². The summed E-state index contributed by atoms with van der Waals surface area (Å²) in [5.74, 6) is 2.44. The number of phenols is 8. The Morgan fingerprint density at radius 2 is 0.410 bits per heavy atom. The van der Waals surface area contributed by atoms with Crippen LogP contribution in [0.3, 0.4) is 0 Å². The molecule has 0 aliphatic heterocycles. The van der Waals surface area contributed by atoms with Crippen LogP contribution in [0.2, 0.25) is 0 Å². The average molecular weight is 1120 g/mol. The molecule has 1 aliphatic carbocycles. The third kappa shape index (κ3) is 11.1. The largest absolute Gasteiger partial charge is 0.507 e. The lowest BCUT2D eigenvalue weighted by molar-refractivity contribution is 0.255. The molecule has 8 aromatic carbocycles. The van der Waals surface area contributed by atoms with Crippen LogP contribution in [0.4, 0.5) is 0 Å². The second-order valence-electron chi connectivity index (χ2n) is 25.9. The van der Waals surface area contributed by atoms with Crippen molar-refractivity contribution in [1.29, 1.82) is 0 Å². The van der Waals surface area contributed by atoms with Gasteiger partial charge in [-0.3, -0.25) is 0 Å². The van der Waals surface area contributed by atoms with Crippen molar-refractivity contribution in [3.8, 4) is 46.0 Å². The highest BCUT2D eigenvalue weighted by atomic mass is 16.3. The number of benzene rings is 8. The van der Waals surface area contributed by atoms with Crippen molar-refractivity contribution in [1.82, 2.24) is 0 Å². The van der Waals surface area contributed by atoms with Crippen molar-refractivity contribution in [2.75, 3.05) is 0 Å². The van der Waals surface area contributed by atoms with Crippen LogP contribution in [0, 0.1) is 96.9 Å². The van der Waals surface area contributed by atoms with Crippen molar-refractivity contribution in [3.05, 3.63) is 231 Å². The Hall–Kier alpha value is -7.84. The van der Waals surface area contributed by atoms with Crippen LogP contribution in [-0.4, -0.2) is 40.9 Å². The van der Waals surface area contributed by atoms with E-state index in [1.54, 1.807) is 0 Å². The third-order valence-electron chi connectivity index (χ3n) is 19.1. The molecule has 436 valence electrons. The number of aromatic hydroxyl groups is 8. The minimum atomic E-state index is -0.382. The molecule has 0 heterocycles. The Morgan fingerprint density at radius 1 is 0.253 bits per heavy atom. The molecule has 9 rings (SSSR count). The highest BCUT2D eigenvalue weighted by Gasteiger charge is 2.47. The molecule has 0 amide bonds. The maximum absolute atomic E-state index is 11.2. The van der Waals surface area contributed by atoms with E-state index >= 15 is 0 Å². The first kappa shape index (κ1) is 61.2. The van der Waals surface area contributed by atoms with Crippen molar-refractivity contribution in [2.24, 2.45) is 0 Å². The molecular formula is C75H88O8. The van der Waals surface area contributed by atoms with Crippen LogP contribution in [0.15, 0.2) is 97.1 Å². The van der Waals surface area contributed by atoms with Gasteiger partial charge in [-0.25, -0.2) is 0 Å². The van der Waals surface area contributed by atoms with E-state index in [9.17, 15) is 40.9 Å². The van der Waals surface area contributed by atoms with Crippen LogP contribution >= 0.6 is 0 Å². The maximum Gasteiger partial charge on any atom is 0.122 e. The lowest BCUT2D eigenvalue weighted by atomic mass is 9.54. The zero-order valence-electron chi connectivity index (χ0n) is 52.4. The van der Waals surface area contributed by atoms with Crippen molar-refractivity contribution in [3.63, 3.8) is 0 Å². The minimum absolute atomic E-state index is 0.231. The van der Waals surface area contributed by atoms with E-state index in [0.29, 0.717) is 40.9 Å². The van der Waals surface area contributed by atoms with Gasteiger partial charge in [0.2, 0.25) is 0 Å². The Kier molecular flexibility index (Phi) is 16.5. The Labute approximate surface area is 493 Å². The monoisotopic (exact) mass is 1120 g/mol. The lowest BCUT2D eigenvalue weighted by Crippen LogP contribution is -2.41. The minimum Gasteiger partial charge on any atom is -0.507 e. The second kappa shape index (κ2) is 22.4. The molecule has 8 aromatic rings. The molecule has 83 heavy (non-hydrogen) atoms. The van der Waals surface area contributed by atoms with E-state index in [1.807, 2.05) is 145 Å². The summed E-state index contributed by atoms with van der Waals surface area (Å²) in [5, 5.41) is 85.6. The Morgan fingerprint density at radius 3 is 0.602 bits per heavy atom. The van der Waals surface area contributed by atoms with Gasteiger partial charge in [0, 0.05) is 28.1 Å². The summed E-state index contributed by atoms with van der Waals surface area (Å²) in [6.07, 6.45) is 3.75. The molecule has 0 spiro atoms. The average Bonchev–Trinajstić information content (AvgIpc) is 2.23. The summed E-state index contributed by atoms with van der Waals surface area (Å²) in [6, 6.07) is 33.3. The van der Waals surface area contributed by atoms with Crippen LogP contribution in [-0.2, 0) is 28.1 Å². The van der Waals surface area contributed by atoms with Gasteiger partial charge in [-0.05, 0) is 256 Å². The van der Waals surface area contributed by atoms with Crippen molar-refractivity contribution >= 4 is 0 Å². The van der Waals surface area contributed by atoms with Gasteiger partial charge < -0.3 is 40.9 Å². The molecule has 1 saturated carbocycles. The van der Waals surface area contributed by atoms with Crippen LogP contribution in [0.1, 0.15) is 187 Å². The molecule has 0 aromatic heterocycles. The number of rotatable bonds is 10. The second-order valence-corrected chi connectivity index (χ2v) is 25.9. The fraction of sp³-hybridized carbons (Fsp3) is 0.360. The normalized spacial score (nSPS) is 14.1. The Bertz CT molecular complexity index is 3350. The molecule has 0 bridgehead atoms. The molecule has 0 unspecified atom stereocenters. The van der Waals surface area contributed by atoms with Gasteiger partial charge in [0.1, 0.15) is 46.0 Å². The molecule has 0 radical (unpaired) electrons. The summed E-state index contributed by atoms with van der Waals surface area (Å²) in [6.45, 7) is 35.8. The maximum atomic E-state index is 11.2. The molecule has 1 aliphatic rings. The standard InChI is InChI=1S/C38H44O4.C37H44O4/c1-21-13-29(14-22(2)33(21)39)37(30-15-23(3)34(40)24(4)16-30)9-11-38(12-10-37,31-17-25(5)35(41)26(6)18-31)32-19-27(7)36(42)28(8)20-32;1-20-11-28(12-21(2)32(20)38)36(7,8)30-15-24(5)34(40)26(18-30)17-27-19-31(16-25(6)35(27)41)37(9,10)29-13-22(3)33(39)23(4)14-29/h13-20,39-42H,9-12H2,1-8H3;11-16,18-19,38-41H,17H2,1-10H3. The van der Waals surface area contributed by atoms with Gasteiger partial charge in [0.15, 0.2) is 0 Å². The van der Waals surface area contributed by atoms with E-state index in [-0.39, 0.29) is 33.2 Å². The quantitative estimate of drug-likeness (QED) is 0.0671. The van der Waals surface area contributed by atoms with E-state index in [4.69, 9.17) is 0 Å². The molecule has 8 nitrogen and oxygen atoms in total. The smallest absolute Gasteiger partial charge is 0.122 e. The first-order valence-corrected chi connectivity index (χ1v) is 29.1. The third-order valence-corrected chi connectivity index (χ3v) is 19.1. The van der Waals surface area contributed by atoms with Gasteiger partial charge in [0.05, 0.1) is 0 Å². The van der Waals surface area contributed by atoms with Crippen molar-refractivity contribution in [2.45, 2.75) is 178 Å². The molecule has 0 atom stereocenters. The lowest BCUT2D eigenvalue weighted by Gasteiger charge is -2.49. The predicted molar refractivity (Wildman–Crippen MR) is 338 cm³/mol. The fourth-order valence-electron chi connectivity index (χ4n) is 13.4. The predicted octanol–water partition coefficient (Wildman–Crippen LogP) is 17.4. The first-order chi connectivity index (χ1) is 38.6. The molecule has 8 heteroatoms. The summed E-state index contributed by atoms with van der Waals surface area (Å²) in [7, 11) is 0. The molecule has 1 fully saturated rings. The topological polar surface area (TPSA) is 162 Å². The summed E-state index contributed by atoms with van der Waals surface area (Å²) < 4.78 is 0. The zero-order valence-corrected chi connectivity index (χ0v) is 52.4. The first-order valence-electron chi connectivity index (χ1n) is 29.1. The SMILES string of the molecule is Cc1cc(C(C)(C)c2cc(C)c(O)c(Cc3cc(C(C)(C)c4cc(C)c(O)c(C)c4)cc(C)c3O)c2)cc(C)c1O.Cc1cc(C2(c3cc(C)c(O)c(C)c3)CCC(c3cc(C)c(O)c(C)c3)(c3cc(C)c(O)c(C)c3)CC2)cc(C)c1O. The number of hydrogen-bond acceptors (Lipinski definition) is 8. The van der Waals surface area contributed by atoms with Gasteiger partial charge in [-0.2, -0.15) is 0 Å². The van der Waals surface area contributed by atoms with Crippen molar-refractivity contribution < 1.29 is 40.9 Å². The summed E-state index contributed by atoms with van der Waals surface area (Å²) in [4.78, 5) is 0. The van der Waals surface area contributed by atoms with E-state index < -0.39 is 0 Å². The van der Waals surface area contributed by atoms with Gasteiger partial charge in [0.25, 0.3) is 0 Å². The molecule has 0 saturated heterocycles.